The molecule has 0 fully saturated rings. The van der Waals surface area contributed by atoms with Gasteiger partial charge < -0.3 is 11.1 Å². The van der Waals surface area contributed by atoms with Crippen molar-refractivity contribution >= 4 is 34.0 Å². The van der Waals surface area contributed by atoms with Crippen LogP contribution < -0.4 is 11.1 Å². The van der Waals surface area contributed by atoms with Gasteiger partial charge in [0.1, 0.15) is 10.8 Å². The van der Waals surface area contributed by atoms with E-state index < -0.39 is 11.7 Å². The van der Waals surface area contributed by atoms with Crippen molar-refractivity contribution in [1.29, 1.82) is 0 Å². The minimum Gasteiger partial charge on any atom is -0.374 e. The van der Waals surface area contributed by atoms with Crippen molar-refractivity contribution in [1.82, 2.24) is 15.5 Å². The fourth-order valence-electron chi connectivity index (χ4n) is 1.45. The van der Waals surface area contributed by atoms with Gasteiger partial charge in [-0.3, -0.25) is 4.79 Å². The third kappa shape index (κ3) is 2.99. The monoisotopic (exact) mass is 300 g/mol. The van der Waals surface area contributed by atoms with Crippen LogP contribution in [-0.2, 0) is 6.54 Å². The number of nitrogens with one attached hydrogen (secondary N) is 1. The number of amides is 1. The molecule has 5 nitrogen and oxygen atoms in total. The van der Waals surface area contributed by atoms with E-state index in [9.17, 15) is 9.18 Å². The van der Waals surface area contributed by atoms with Gasteiger partial charge in [-0.25, -0.2) is 4.39 Å². The Kier molecular flexibility index (Phi) is 3.96. The van der Waals surface area contributed by atoms with E-state index in [0.717, 1.165) is 11.3 Å². The molecule has 1 aromatic heterocycles. The van der Waals surface area contributed by atoms with Gasteiger partial charge in [0.15, 0.2) is 0 Å². The number of hydrogen-bond donors (Lipinski definition) is 2. The van der Waals surface area contributed by atoms with E-state index in [1.165, 1.54) is 12.1 Å². The number of carbonyl (C=O) groups excluding carboxylic acids is 1. The summed E-state index contributed by atoms with van der Waals surface area (Å²) >= 11 is 7.08. The zero-order chi connectivity index (χ0) is 14.0. The van der Waals surface area contributed by atoms with E-state index in [2.05, 4.69) is 15.5 Å². The lowest BCUT2D eigenvalue weighted by molar-refractivity contribution is 0.0947. The molecule has 0 saturated carbocycles. The van der Waals surface area contributed by atoms with Crippen LogP contribution in [0.5, 0.6) is 0 Å². The summed E-state index contributed by atoms with van der Waals surface area (Å²) in [6.45, 7) is 1.82. The molecule has 0 radical (unpaired) electrons. The van der Waals surface area contributed by atoms with Crippen LogP contribution in [0.4, 0.5) is 9.52 Å². The number of nitrogen functional groups attached to an aromatic ring is 1. The van der Waals surface area contributed by atoms with Crippen molar-refractivity contribution in [3.8, 4) is 0 Å². The number of rotatable bonds is 3. The molecule has 1 amide bonds. The number of carbonyl (C=O) groups is 1. The summed E-state index contributed by atoms with van der Waals surface area (Å²) in [5, 5.41) is 10.8. The van der Waals surface area contributed by atoms with Crippen molar-refractivity contribution in [3.63, 3.8) is 0 Å². The Bertz CT molecular complexity index is 631. The number of aromatic nitrogens is 2. The molecule has 3 N–H and O–H groups in total. The zero-order valence-electron chi connectivity index (χ0n) is 9.91. The predicted octanol–water partition coefficient (Wildman–Crippen LogP) is 2.15. The molecule has 8 heteroatoms. The standard InChI is InChI=1S/C11H10ClFN4OS/c1-5-2-3-6(13)8(9(5)12)10(18)15-4-7-16-17-11(14)19-7/h2-3H,4H2,1H3,(H2,14,17)(H,15,18). The highest BCUT2D eigenvalue weighted by Crippen LogP contribution is 2.23. The summed E-state index contributed by atoms with van der Waals surface area (Å²) in [5.74, 6) is -1.26. The van der Waals surface area contributed by atoms with E-state index in [4.69, 9.17) is 17.3 Å². The third-order valence-electron chi connectivity index (χ3n) is 2.39. The second-order valence-corrected chi connectivity index (χ2v) is 5.24. The summed E-state index contributed by atoms with van der Waals surface area (Å²) in [7, 11) is 0. The van der Waals surface area contributed by atoms with Gasteiger partial charge in [-0.2, -0.15) is 0 Å². The van der Waals surface area contributed by atoms with E-state index >= 15 is 0 Å². The number of hydrogen-bond acceptors (Lipinski definition) is 5. The van der Waals surface area contributed by atoms with E-state index in [1.807, 2.05) is 0 Å². The first-order valence-corrected chi connectivity index (χ1v) is 6.49. The SMILES string of the molecule is Cc1ccc(F)c(C(=O)NCc2nnc(N)s2)c1Cl. The Morgan fingerprint density at radius 2 is 2.26 bits per heavy atom. The number of nitrogens with zero attached hydrogens (tertiary/aromatic N) is 2. The summed E-state index contributed by atoms with van der Waals surface area (Å²) in [5.41, 5.74) is 5.88. The van der Waals surface area contributed by atoms with Crippen molar-refractivity contribution in [2.45, 2.75) is 13.5 Å². The molecule has 0 unspecified atom stereocenters. The van der Waals surface area contributed by atoms with Gasteiger partial charge in [-0.05, 0) is 18.6 Å². The maximum Gasteiger partial charge on any atom is 0.256 e. The molecule has 0 aliphatic carbocycles. The average molecular weight is 301 g/mol. The number of aryl methyl sites for hydroxylation is 1. The molecule has 0 bridgehead atoms. The molecule has 19 heavy (non-hydrogen) atoms. The zero-order valence-corrected chi connectivity index (χ0v) is 11.5. The summed E-state index contributed by atoms with van der Waals surface area (Å²) in [4.78, 5) is 11.9. The van der Waals surface area contributed by atoms with Crippen LogP contribution in [0.15, 0.2) is 12.1 Å². The molecule has 0 atom stereocenters. The van der Waals surface area contributed by atoms with E-state index in [0.29, 0.717) is 15.7 Å². The molecule has 1 aromatic carbocycles. The largest absolute Gasteiger partial charge is 0.374 e. The smallest absolute Gasteiger partial charge is 0.256 e. The predicted molar refractivity (Wildman–Crippen MR) is 71.6 cm³/mol. The molecule has 0 saturated heterocycles. The lowest BCUT2D eigenvalue weighted by Gasteiger charge is -2.08. The minimum absolute atomic E-state index is 0.106. The first-order chi connectivity index (χ1) is 8.99. The summed E-state index contributed by atoms with van der Waals surface area (Å²) in [6, 6.07) is 2.72. The second kappa shape index (κ2) is 5.50. The molecular formula is C11H10ClFN4OS. The van der Waals surface area contributed by atoms with Gasteiger partial charge in [0.2, 0.25) is 5.13 Å². The quantitative estimate of drug-likeness (QED) is 0.910. The molecule has 100 valence electrons. The summed E-state index contributed by atoms with van der Waals surface area (Å²) in [6.07, 6.45) is 0. The molecule has 2 aromatic rings. The highest BCUT2D eigenvalue weighted by molar-refractivity contribution is 7.15. The molecule has 0 aliphatic rings. The molecule has 0 aliphatic heterocycles. The van der Waals surface area contributed by atoms with Crippen molar-refractivity contribution < 1.29 is 9.18 Å². The second-order valence-electron chi connectivity index (χ2n) is 3.77. The molecule has 0 spiro atoms. The number of anilines is 1. The van der Waals surface area contributed by atoms with Crippen LogP contribution in [0.2, 0.25) is 5.02 Å². The Morgan fingerprint density at radius 1 is 1.53 bits per heavy atom. The van der Waals surface area contributed by atoms with Gasteiger partial charge in [0.25, 0.3) is 5.91 Å². The maximum absolute atomic E-state index is 13.6. The van der Waals surface area contributed by atoms with Gasteiger partial charge in [-0.15, -0.1) is 10.2 Å². The van der Waals surface area contributed by atoms with E-state index in [-0.39, 0.29) is 17.1 Å². The molecular weight excluding hydrogens is 291 g/mol. The van der Waals surface area contributed by atoms with Gasteiger partial charge >= 0.3 is 0 Å². The topological polar surface area (TPSA) is 80.9 Å². The Balaban J connectivity index is 2.14. The van der Waals surface area contributed by atoms with Crippen LogP contribution in [0.3, 0.4) is 0 Å². The van der Waals surface area contributed by atoms with Gasteiger partial charge in [0.05, 0.1) is 17.1 Å². The number of halogens is 2. The fourth-order valence-corrected chi connectivity index (χ4v) is 2.24. The van der Waals surface area contributed by atoms with Crippen molar-refractivity contribution in [2.75, 3.05) is 5.73 Å². The summed E-state index contributed by atoms with van der Waals surface area (Å²) < 4.78 is 13.6. The Labute approximate surface area is 117 Å². The first kappa shape index (κ1) is 13.7. The highest BCUT2D eigenvalue weighted by Gasteiger charge is 2.17. The van der Waals surface area contributed by atoms with Crippen LogP contribution in [0, 0.1) is 12.7 Å². The number of nitrogens with two attached hydrogens (primary N) is 1. The molecule has 1 heterocycles. The van der Waals surface area contributed by atoms with Gasteiger partial charge in [0, 0.05) is 0 Å². The van der Waals surface area contributed by atoms with Crippen molar-refractivity contribution in [2.24, 2.45) is 0 Å². The fraction of sp³-hybridized carbons (Fsp3) is 0.182. The average Bonchev–Trinajstić information content (AvgIpc) is 2.78. The van der Waals surface area contributed by atoms with Crippen LogP contribution >= 0.6 is 22.9 Å². The Morgan fingerprint density at radius 3 is 2.89 bits per heavy atom. The van der Waals surface area contributed by atoms with Gasteiger partial charge in [-0.1, -0.05) is 29.0 Å². The Hall–Kier alpha value is -1.73. The lowest BCUT2D eigenvalue weighted by atomic mass is 10.1. The minimum atomic E-state index is -0.662. The highest BCUT2D eigenvalue weighted by atomic mass is 35.5. The maximum atomic E-state index is 13.6. The number of benzene rings is 1. The van der Waals surface area contributed by atoms with E-state index in [1.54, 1.807) is 6.92 Å². The molecule has 2 rings (SSSR count). The third-order valence-corrected chi connectivity index (χ3v) is 3.63. The van der Waals surface area contributed by atoms with Crippen LogP contribution in [-0.4, -0.2) is 16.1 Å². The normalized spacial score (nSPS) is 10.5. The van der Waals surface area contributed by atoms with Crippen molar-refractivity contribution in [3.05, 3.63) is 39.1 Å². The van der Waals surface area contributed by atoms with Crippen LogP contribution in [0.25, 0.3) is 0 Å². The first-order valence-electron chi connectivity index (χ1n) is 5.29. The lowest BCUT2D eigenvalue weighted by Crippen LogP contribution is -2.24. The van der Waals surface area contributed by atoms with Crippen LogP contribution in [0.1, 0.15) is 20.9 Å².